The van der Waals surface area contributed by atoms with Gasteiger partial charge in [-0.1, -0.05) is 23.7 Å². The molecule has 88 valence electrons. The van der Waals surface area contributed by atoms with E-state index in [4.69, 9.17) is 22.4 Å². The van der Waals surface area contributed by atoms with Gasteiger partial charge in [-0.2, -0.15) is 0 Å². The molecule has 0 amide bonds. The van der Waals surface area contributed by atoms with Crippen LogP contribution in [0.25, 0.3) is 0 Å². The van der Waals surface area contributed by atoms with E-state index in [2.05, 4.69) is 0 Å². The molecule has 0 heterocycles. The Morgan fingerprint density at radius 2 is 2.12 bits per heavy atom. The summed E-state index contributed by atoms with van der Waals surface area (Å²) in [6.07, 6.45) is -2.91. The van der Waals surface area contributed by atoms with Crippen LogP contribution in [0, 0.1) is 0 Å². The lowest BCUT2D eigenvalue weighted by molar-refractivity contribution is -0.137. The molecule has 6 heteroatoms. The van der Waals surface area contributed by atoms with Crippen molar-refractivity contribution in [1.29, 1.82) is 0 Å². The van der Waals surface area contributed by atoms with Crippen LogP contribution in [-0.4, -0.2) is 11.1 Å². The maximum atomic E-state index is 12.3. The molecule has 1 aromatic carbocycles. The molecule has 0 bridgehead atoms. The van der Waals surface area contributed by atoms with Gasteiger partial charge in [-0.3, -0.25) is 4.79 Å². The molecule has 0 aliphatic carbocycles. The van der Waals surface area contributed by atoms with E-state index in [1.165, 1.54) is 12.1 Å². The zero-order valence-corrected chi connectivity index (χ0v) is 8.92. The Kier molecular flexibility index (Phi) is 4.20. The number of carbonyl (C=O) groups is 1. The normalized spacial score (nSPS) is 12.8. The highest BCUT2D eigenvalue weighted by molar-refractivity contribution is 6.31. The Labute approximate surface area is 95.8 Å². The quantitative estimate of drug-likeness (QED) is 0.862. The van der Waals surface area contributed by atoms with Gasteiger partial charge in [-0.05, 0) is 11.6 Å². The fraction of sp³-hybridized carbons (Fsp3) is 0.300. The summed E-state index contributed by atoms with van der Waals surface area (Å²) in [5, 5.41) is 8.60. The van der Waals surface area contributed by atoms with E-state index in [0.29, 0.717) is 5.56 Å². The van der Waals surface area contributed by atoms with Crippen molar-refractivity contribution in [3.8, 4) is 0 Å². The highest BCUT2D eigenvalue weighted by Gasteiger charge is 2.16. The first-order valence-electron chi connectivity index (χ1n) is 4.46. The van der Waals surface area contributed by atoms with Crippen molar-refractivity contribution in [2.75, 3.05) is 0 Å². The van der Waals surface area contributed by atoms with Crippen molar-refractivity contribution in [2.45, 2.75) is 18.9 Å². The molecule has 1 atom stereocenters. The summed E-state index contributed by atoms with van der Waals surface area (Å²) in [5.74, 6) is -1.07. The number of benzene rings is 1. The lowest BCUT2D eigenvalue weighted by Gasteiger charge is -2.12. The number of carboxylic acids is 1. The van der Waals surface area contributed by atoms with Crippen LogP contribution in [0.3, 0.4) is 0 Å². The van der Waals surface area contributed by atoms with Crippen LogP contribution in [0.4, 0.5) is 8.78 Å². The highest BCUT2D eigenvalue weighted by atomic mass is 35.5. The van der Waals surface area contributed by atoms with E-state index >= 15 is 0 Å². The van der Waals surface area contributed by atoms with Crippen molar-refractivity contribution in [2.24, 2.45) is 5.73 Å². The molecular weight excluding hydrogens is 240 g/mol. The molecule has 1 rings (SSSR count). The molecule has 1 unspecified atom stereocenters. The van der Waals surface area contributed by atoms with E-state index in [1.807, 2.05) is 0 Å². The molecule has 16 heavy (non-hydrogen) atoms. The molecule has 3 N–H and O–H groups in total. The molecule has 0 fully saturated rings. The predicted molar refractivity (Wildman–Crippen MR) is 55.6 cm³/mol. The summed E-state index contributed by atoms with van der Waals surface area (Å²) < 4.78 is 24.6. The van der Waals surface area contributed by atoms with Gasteiger partial charge in [0, 0.05) is 16.6 Å². The molecule has 0 radical (unpaired) electrons. The fourth-order valence-corrected chi connectivity index (χ4v) is 1.61. The number of carboxylic acid groups (broad SMARTS) is 1. The number of rotatable bonds is 4. The van der Waals surface area contributed by atoms with Gasteiger partial charge in [0.2, 0.25) is 0 Å². The number of nitrogens with two attached hydrogens (primary N) is 1. The van der Waals surface area contributed by atoms with Gasteiger partial charge in [0.25, 0.3) is 6.43 Å². The molecule has 0 aliphatic rings. The average molecular weight is 250 g/mol. The first-order valence-corrected chi connectivity index (χ1v) is 4.84. The highest BCUT2D eigenvalue weighted by Crippen LogP contribution is 2.28. The van der Waals surface area contributed by atoms with Crippen LogP contribution in [0.2, 0.25) is 5.02 Å². The van der Waals surface area contributed by atoms with Crippen LogP contribution in [0.5, 0.6) is 0 Å². The van der Waals surface area contributed by atoms with Gasteiger partial charge in [0.05, 0.1) is 6.42 Å². The standard InChI is InChI=1S/C10H10ClF2NO2/c11-7-3-5(10(12)13)1-2-6(7)8(14)4-9(15)16/h1-3,8,10H,4,14H2,(H,15,16). The minimum atomic E-state index is -2.61. The largest absolute Gasteiger partial charge is 0.481 e. The predicted octanol–water partition coefficient (Wildman–Crippen LogP) is 2.75. The lowest BCUT2D eigenvalue weighted by atomic mass is 10.0. The van der Waals surface area contributed by atoms with Gasteiger partial charge >= 0.3 is 5.97 Å². The van der Waals surface area contributed by atoms with E-state index in [0.717, 1.165) is 6.07 Å². The van der Waals surface area contributed by atoms with Crippen molar-refractivity contribution >= 4 is 17.6 Å². The third-order valence-corrected chi connectivity index (χ3v) is 2.40. The molecule has 1 aromatic rings. The minimum absolute atomic E-state index is 0.0616. The maximum absolute atomic E-state index is 12.3. The van der Waals surface area contributed by atoms with Crippen molar-refractivity contribution in [1.82, 2.24) is 0 Å². The number of alkyl halides is 2. The second-order valence-electron chi connectivity index (χ2n) is 3.29. The van der Waals surface area contributed by atoms with Crippen molar-refractivity contribution < 1.29 is 18.7 Å². The van der Waals surface area contributed by atoms with Gasteiger partial charge in [0.15, 0.2) is 0 Å². The van der Waals surface area contributed by atoms with Crippen LogP contribution in [0.15, 0.2) is 18.2 Å². The minimum Gasteiger partial charge on any atom is -0.481 e. The van der Waals surface area contributed by atoms with Crippen molar-refractivity contribution in [3.63, 3.8) is 0 Å². The van der Waals surface area contributed by atoms with Crippen molar-refractivity contribution in [3.05, 3.63) is 34.3 Å². The molecule has 0 saturated heterocycles. The molecule has 0 saturated carbocycles. The zero-order chi connectivity index (χ0) is 12.3. The topological polar surface area (TPSA) is 63.3 Å². The first kappa shape index (κ1) is 12.9. The van der Waals surface area contributed by atoms with E-state index in [-0.39, 0.29) is 17.0 Å². The summed E-state index contributed by atoms with van der Waals surface area (Å²) in [4.78, 5) is 10.4. The van der Waals surface area contributed by atoms with E-state index in [9.17, 15) is 13.6 Å². The van der Waals surface area contributed by atoms with Gasteiger partial charge < -0.3 is 10.8 Å². The number of hydrogen-bond acceptors (Lipinski definition) is 2. The summed E-state index contributed by atoms with van der Waals surface area (Å²) >= 11 is 5.75. The maximum Gasteiger partial charge on any atom is 0.305 e. The zero-order valence-electron chi connectivity index (χ0n) is 8.16. The summed E-state index contributed by atoms with van der Waals surface area (Å²) in [6.45, 7) is 0. The first-order chi connectivity index (χ1) is 7.41. The third-order valence-electron chi connectivity index (χ3n) is 2.07. The third kappa shape index (κ3) is 3.15. The monoisotopic (exact) mass is 249 g/mol. The van der Waals surface area contributed by atoms with Gasteiger partial charge in [0.1, 0.15) is 0 Å². The van der Waals surface area contributed by atoms with E-state index in [1.54, 1.807) is 0 Å². The van der Waals surface area contributed by atoms with Gasteiger partial charge in [-0.15, -0.1) is 0 Å². The van der Waals surface area contributed by atoms with Crippen LogP contribution in [-0.2, 0) is 4.79 Å². The van der Waals surface area contributed by atoms with Gasteiger partial charge in [-0.25, -0.2) is 8.78 Å². The Hall–Kier alpha value is -1.20. The summed E-state index contributed by atoms with van der Waals surface area (Å²) in [6, 6.07) is 2.82. The Bertz CT molecular complexity index is 398. The summed E-state index contributed by atoms with van der Waals surface area (Å²) in [7, 11) is 0. The number of hydrogen-bond donors (Lipinski definition) is 2. The Morgan fingerprint density at radius 1 is 1.50 bits per heavy atom. The number of halogens is 3. The lowest BCUT2D eigenvalue weighted by Crippen LogP contribution is -2.15. The van der Waals surface area contributed by atoms with Crippen LogP contribution < -0.4 is 5.73 Å². The summed E-state index contributed by atoms with van der Waals surface area (Å²) in [5.41, 5.74) is 5.71. The second-order valence-corrected chi connectivity index (χ2v) is 3.69. The second kappa shape index (κ2) is 5.23. The Balaban J connectivity index is 2.94. The molecule has 3 nitrogen and oxygen atoms in total. The van der Waals surface area contributed by atoms with Crippen LogP contribution in [0.1, 0.15) is 30.0 Å². The molecule has 0 aromatic heterocycles. The fourth-order valence-electron chi connectivity index (χ4n) is 1.28. The molecule has 0 spiro atoms. The van der Waals surface area contributed by atoms with E-state index < -0.39 is 18.4 Å². The molecule has 0 aliphatic heterocycles. The average Bonchev–Trinajstić information content (AvgIpc) is 2.15. The Morgan fingerprint density at radius 3 is 2.56 bits per heavy atom. The SMILES string of the molecule is NC(CC(=O)O)c1ccc(C(F)F)cc1Cl. The smallest absolute Gasteiger partial charge is 0.305 e. The molecular formula is C10H10ClF2NO2. The number of aliphatic carboxylic acids is 1. The van der Waals surface area contributed by atoms with Crippen LogP contribution >= 0.6 is 11.6 Å².